The molecule has 0 aliphatic carbocycles. The molecule has 0 radical (unpaired) electrons. The summed E-state index contributed by atoms with van der Waals surface area (Å²) in [6.45, 7) is 0.223. The van der Waals surface area contributed by atoms with Gasteiger partial charge in [0.1, 0.15) is 5.92 Å². The Bertz CT molecular complexity index is 917. The summed E-state index contributed by atoms with van der Waals surface area (Å²) >= 11 is 0. The number of likely N-dealkylation sites (N-methyl/N-ethyl adjacent to an activating group) is 1. The molecule has 2 amide bonds. The van der Waals surface area contributed by atoms with Crippen LogP contribution in [-0.4, -0.2) is 35.2 Å². The molecule has 1 aliphatic heterocycles. The standard InChI is InChI=1S/C18H15F2N3O4/c1-22-9-12(10-5-7-11(8-6-10)23(26)27)15(18(22)25)17(24)21-14-4-2-3-13(19)16(14)20/h2-8,12,15H,9H2,1H3,(H,21,24)/t12-,15+/m1/s1. The maximum absolute atomic E-state index is 13.8. The number of nitro benzene ring substituents is 1. The van der Waals surface area contributed by atoms with Crippen LogP contribution >= 0.6 is 0 Å². The number of amides is 2. The molecular weight excluding hydrogens is 360 g/mol. The second-order valence-corrected chi connectivity index (χ2v) is 6.24. The second kappa shape index (κ2) is 7.10. The predicted molar refractivity (Wildman–Crippen MR) is 92.0 cm³/mol. The number of rotatable bonds is 4. The van der Waals surface area contributed by atoms with Crippen LogP contribution in [0.3, 0.4) is 0 Å². The minimum absolute atomic E-state index is 0.112. The first-order chi connectivity index (χ1) is 12.8. The fourth-order valence-electron chi connectivity index (χ4n) is 3.15. The number of likely N-dealkylation sites (tertiary alicyclic amines) is 1. The normalized spacial score (nSPS) is 19.2. The van der Waals surface area contributed by atoms with Gasteiger partial charge < -0.3 is 10.2 Å². The van der Waals surface area contributed by atoms with E-state index in [-0.39, 0.29) is 17.9 Å². The number of anilines is 1. The highest BCUT2D eigenvalue weighted by molar-refractivity contribution is 6.08. The number of carbonyl (C=O) groups is 2. The lowest BCUT2D eigenvalue weighted by Crippen LogP contribution is -2.33. The zero-order valence-corrected chi connectivity index (χ0v) is 14.2. The molecule has 1 heterocycles. The Morgan fingerprint density at radius 2 is 1.89 bits per heavy atom. The number of nitrogens with zero attached hydrogens (tertiary/aromatic N) is 2. The van der Waals surface area contributed by atoms with Crippen LogP contribution < -0.4 is 5.32 Å². The quantitative estimate of drug-likeness (QED) is 0.505. The van der Waals surface area contributed by atoms with Gasteiger partial charge in [0.15, 0.2) is 11.6 Å². The van der Waals surface area contributed by atoms with Crippen LogP contribution in [0.2, 0.25) is 0 Å². The minimum Gasteiger partial charge on any atom is -0.344 e. The molecule has 3 rings (SSSR count). The van der Waals surface area contributed by atoms with Crippen molar-refractivity contribution in [1.82, 2.24) is 4.90 Å². The first kappa shape index (κ1) is 18.4. The van der Waals surface area contributed by atoms with E-state index in [4.69, 9.17) is 0 Å². The van der Waals surface area contributed by atoms with Gasteiger partial charge in [-0.05, 0) is 17.7 Å². The Morgan fingerprint density at radius 3 is 2.52 bits per heavy atom. The summed E-state index contributed by atoms with van der Waals surface area (Å²) in [6, 6.07) is 8.90. The lowest BCUT2D eigenvalue weighted by molar-refractivity contribution is -0.384. The summed E-state index contributed by atoms with van der Waals surface area (Å²) in [4.78, 5) is 36.7. The van der Waals surface area contributed by atoms with Crippen molar-refractivity contribution in [2.45, 2.75) is 5.92 Å². The van der Waals surface area contributed by atoms with Crippen molar-refractivity contribution < 1.29 is 23.3 Å². The fraction of sp³-hybridized carbons (Fsp3) is 0.222. The molecule has 1 saturated heterocycles. The number of nitro groups is 1. The average molecular weight is 375 g/mol. The van der Waals surface area contributed by atoms with E-state index >= 15 is 0 Å². The first-order valence-electron chi connectivity index (χ1n) is 8.04. The van der Waals surface area contributed by atoms with Crippen LogP contribution in [0.4, 0.5) is 20.2 Å². The van der Waals surface area contributed by atoms with E-state index in [0.717, 1.165) is 6.07 Å². The molecule has 27 heavy (non-hydrogen) atoms. The van der Waals surface area contributed by atoms with Crippen molar-refractivity contribution in [2.75, 3.05) is 18.9 Å². The van der Waals surface area contributed by atoms with E-state index in [1.165, 1.54) is 48.3 Å². The monoisotopic (exact) mass is 375 g/mol. The number of hydrogen-bond acceptors (Lipinski definition) is 4. The molecule has 0 saturated carbocycles. The predicted octanol–water partition coefficient (Wildman–Crippen LogP) is 2.68. The Labute approximate surface area is 152 Å². The maximum Gasteiger partial charge on any atom is 0.269 e. The Kier molecular flexibility index (Phi) is 4.85. The van der Waals surface area contributed by atoms with Crippen molar-refractivity contribution >= 4 is 23.2 Å². The molecule has 2 aromatic rings. The molecule has 7 nitrogen and oxygen atoms in total. The van der Waals surface area contributed by atoms with Gasteiger partial charge in [0.25, 0.3) is 5.69 Å². The van der Waals surface area contributed by atoms with Gasteiger partial charge in [-0.3, -0.25) is 19.7 Å². The van der Waals surface area contributed by atoms with Crippen molar-refractivity contribution in [2.24, 2.45) is 5.92 Å². The molecule has 0 spiro atoms. The van der Waals surface area contributed by atoms with E-state index in [1.807, 2.05) is 0 Å². The average Bonchev–Trinajstić information content (AvgIpc) is 2.94. The first-order valence-corrected chi connectivity index (χ1v) is 8.04. The number of carbonyl (C=O) groups excluding carboxylic acids is 2. The highest BCUT2D eigenvalue weighted by atomic mass is 19.2. The van der Waals surface area contributed by atoms with Crippen molar-refractivity contribution in [3.8, 4) is 0 Å². The Hall–Kier alpha value is -3.36. The zero-order valence-electron chi connectivity index (χ0n) is 14.2. The highest BCUT2D eigenvalue weighted by Crippen LogP contribution is 2.35. The smallest absolute Gasteiger partial charge is 0.269 e. The highest BCUT2D eigenvalue weighted by Gasteiger charge is 2.44. The molecule has 9 heteroatoms. The van der Waals surface area contributed by atoms with E-state index in [2.05, 4.69) is 5.32 Å². The van der Waals surface area contributed by atoms with E-state index in [1.54, 1.807) is 0 Å². The van der Waals surface area contributed by atoms with E-state index in [9.17, 15) is 28.5 Å². The summed E-state index contributed by atoms with van der Waals surface area (Å²) in [6.07, 6.45) is 0. The van der Waals surface area contributed by atoms with Crippen LogP contribution in [0, 0.1) is 27.7 Å². The number of nitrogens with one attached hydrogen (secondary N) is 1. The van der Waals surface area contributed by atoms with E-state index < -0.39 is 40.2 Å². The largest absolute Gasteiger partial charge is 0.344 e. The summed E-state index contributed by atoms with van der Waals surface area (Å²) < 4.78 is 27.1. The molecule has 1 aliphatic rings. The number of non-ortho nitro benzene ring substituents is 1. The Balaban J connectivity index is 1.88. The second-order valence-electron chi connectivity index (χ2n) is 6.24. The number of benzene rings is 2. The van der Waals surface area contributed by atoms with Crippen LogP contribution in [-0.2, 0) is 9.59 Å². The molecule has 2 atom stereocenters. The van der Waals surface area contributed by atoms with Crippen molar-refractivity contribution in [3.63, 3.8) is 0 Å². The zero-order chi connectivity index (χ0) is 19.7. The van der Waals surface area contributed by atoms with Crippen molar-refractivity contribution in [1.29, 1.82) is 0 Å². The third-order valence-electron chi connectivity index (χ3n) is 4.54. The SMILES string of the molecule is CN1C[C@H](c2ccc([N+](=O)[O-])cc2)[C@@H](C(=O)Nc2cccc(F)c2F)C1=O. The molecular formula is C18H15F2N3O4. The van der Waals surface area contributed by atoms with Gasteiger partial charge in [-0.25, -0.2) is 8.78 Å². The summed E-state index contributed by atoms with van der Waals surface area (Å²) in [5.41, 5.74) is 0.0993. The topological polar surface area (TPSA) is 92.5 Å². The van der Waals surface area contributed by atoms with Crippen LogP contribution in [0.25, 0.3) is 0 Å². The third kappa shape index (κ3) is 3.48. The summed E-state index contributed by atoms with van der Waals surface area (Å²) in [5.74, 6) is -5.28. The van der Waals surface area contributed by atoms with Crippen LogP contribution in [0.5, 0.6) is 0 Å². The van der Waals surface area contributed by atoms with Gasteiger partial charge in [-0.15, -0.1) is 0 Å². The molecule has 1 N–H and O–H groups in total. The molecule has 2 aromatic carbocycles. The molecule has 0 bridgehead atoms. The minimum atomic E-state index is -1.21. The fourth-order valence-corrected chi connectivity index (χ4v) is 3.15. The van der Waals surface area contributed by atoms with Crippen LogP contribution in [0.15, 0.2) is 42.5 Å². The molecule has 0 aromatic heterocycles. The summed E-state index contributed by atoms with van der Waals surface area (Å²) in [5, 5.41) is 13.0. The number of hydrogen-bond donors (Lipinski definition) is 1. The van der Waals surface area contributed by atoms with Crippen LogP contribution in [0.1, 0.15) is 11.5 Å². The molecule has 140 valence electrons. The maximum atomic E-state index is 13.8. The van der Waals surface area contributed by atoms with Gasteiger partial charge in [0.2, 0.25) is 11.8 Å². The third-order valence-corrected chi connectivity index (χ3v) is 4.54. The number of halogens is 2. The van der Waals surface area contributed by atoms with Gasteiger partial charge in [-0.2, -0.15) is 0 Å². The van der Waals surface area contributed by atoms with E-state index in [0.29, 0.717) is 5.56 Å². The van der Waals surface area contributed by atoms with Gasteiger partial charge in [0.05, 0.1) is 10.6 Å². The van der Waals surface area contributed by atoms with Gasteiger partial charge in [-0.1, -0.05) is 18.2 Å². The lowest BCUT2D eigenvalue weighted by Gasteiger charge is -2.17. The summed E-state index contributed by atoms with van der Waals surface area (Å²) in [7, 11) is 1.52. The Morgan fingerprint density at radius 1 is 1.22 bits per heavy atom. The lowest BCUT2D eigenvalue weighted by atomic mass is 9.87. The van der Waals surface area contributed by atoms with Gasteiger partial charge in [0, 0.05) is 31.6 Å². The van der Waals surface area contributed by atoms with Crippen molar-refractivity contribution in [3.05, 3.63) is 69.8 Å². The molecule has 0 unspecified atom stereocenters. The van der Waals surface area contributed by atoms with Gasteiger partial charge >= 0.3 is 0 Å². The molecule has 1 fully saturated rings.